The van der Waals surface area contributed by atoms with Crippen molar-refractivity contribution in [3.8, 4) is 5.75 Å². The first-order valence-electron chi connectivity index (χ1n) is 7.20. The Balaban J connectivity index is 1.95. The molecule has 2 rings (SSSR count). The molecule has 0 bridgehead atoms. The highest BCUT2D eigenvalue weighted by molar-refractivity contribution is 6.09. The van der Waals surface area contributed by atoms with Crippen LogP contribution in [0.1, 0.15) is 22.8 Å². The fourth-order valence-corrected chi connectivity index (χ4v) is 1.84. The van der Waals surface area contributed by atoms with Crippen LogP contribution in [0.4, 0.5) is 0 Å². The highest BCUT2D eigenvalue weighted by Gasteiger charge is 2.12. The van der Waals surface area contributed by atoms with Crippen molar-refractivity contribution in [3.05, 3.63) is 77.9 Å². The van der Waals surface area contributed by atoms with Crippen LogP contribution in [-0.4, -0.2) is 24.3 Å². The molecule has 0 saturated carbocycles. The van der Waals surface area contributed by atoms with Crippen molar-refractivity contribution in [2.24, 2.45) is 0 Å². The van der Waals surface area contributed by atoms with Crippen LogP contribution >= 0.6 is 0 Å². The van der Waals surface area contributed by atoms with Gasteiger partial charge in [0.05, 0.1) is 0 Å². The first kappa shape index (κ1) is 17.1. The number of rotatable bonds is 6. The minimum absolute atomic E-state index is 0.121. The van der Waals surface area contributed by atoms with E-state index in [-0.39, 0.29) is 17.1 Å². The number of carbonyl (C=O) groups excluding carboxylic acids is 3. The summed E-state index contributed by atoms with van der Waals surface area (Å²) in [7, 11) is 0. The zero-order valence-corrected chi connectivity index (χ0v) is 13.2. The summed E-state index contributed by atoms with van der Waals surface area (Å²) in [4.78, 5) is 35.0. The van der Waals surface area contributed by atoms with Gasteiger partial charge in [0.25, 0.3) is 0 Å². The number of ketones is 1. The van der Waals surface area contributed by atoms with Gasteiger partial charge in [-0.3, -0.25) is 4.79 Å². The molecule has 24 heavy (non-hydrogen) atoms. The Hall–Kier alpha value is -3.21. The molecule has 0 saturated heterocycles. The normalized spacial score (nSPS) is 9.88. The van der Waals surface area contributed by atoms with Crippen LogP contribution < -0.4 is 4.74 Å². The van der Waals surface area contributed by atoms with Gasteiger partial charge in [0.2, 0.25) is 0 Å². The molecule has 2 aromatic rings. The largest absolute Gasteiger partial charge is 0.450 e. The number of hydrogen-bond acceptors (Lipinski definition) is 5. The Kier molecular flexibility index (Phi) is 5.63. The Morgan fingerprint density at radius 2 is 1.50 bits per heavy atom. The van der Waals surface area contributed by atoms with Gasteiger partial charge in [0.15, 0.2) is 12.4 Å². The van der Waals surface area contributed by atoms with E-state index in [9.17, 15) is 14.4 Å². The molecule has 0 aliphatic rings. The number of hydrogen-bond donors (Lipinski definition) is 0. The standard InChI is InChI=1S/C19H16O5/c1-13(2)19(22)23-12-17(20)24-16-10-8-15(9-11-16)18(21)14-6-4-3-5-7-14/h3-11H,1,12H2,2H3. The van der Waals surface area contributed by atoms with Crippen LogP contribution in [0.2, 0.25) is 0 Å². The zero-order valence-electron chi connectivity index (χ0n) is 13.2. The van der Waals surface area contributed by atoms with E-state index >= 15 is 0 Å². The molecule has 0 heterocycles. The summed E-state index contributed by atoms with van der Waals surface area (Å²) in [6.45, 7) is 4.39. The second kappa shape index (κ2) is 7.87. The lowest BCUT2D eigenvalue weighted by molar-refractivity contribution is -0.150. The lowest BCUT2D eigenvalue weighted by Crippen LogP contribution is -2.19. The van der Waals surface area contributed by atoms with Crippen LogP contribution in [0.15, 0.2) is 66.7 Å². The molecule has 0 N–H and O–H groups in total. The van der Waals surface area contributed by atoms with E-state index in [4.69, 9.17) is 9.47 Å². The predicted octanol–water partition coefficient (Wildman–Crippen LogP) is 2.94. The van der Waals surface area contributed by atoms with Crippen molar-refractivity contribution in [2.75, 3.05) is 6.61 Å². The summed E-state index contributed by atoms with van der Waals surface area (Å²) >= 11 is 0. The maximum Gasteiger partial charge on any atom is 0.349 e. The van der Waals surface area contributed by atoms with E-state index in [0.717, 1.165) is 0 Å². The third-order valence-corrected chi connectivity index (χ3v) is 3.05. The van der Waals surface area contributed by atoms with Crippen molar-refractivity contribution in [3.63, 3.8) is 0 Å². The smallest absolute Gasteiger partial charge is 0.349 e. The maximum atomic E-state index is 12.2. The van der Waals surface area contributed by atoms with Gasteiger partial charge < -0.3 is 9.47 Å². The molecule has 0 aliphatic carbocycles. The number of carbonyl (C=O) groups is 3. The molecule has 5 heteroatoms. The van der Waals surface area contributed by atoms with Crippen LogP contribution in [0.3, 0.4) is 0 Å². The quantitative estimate of drug-likeness (QED) is 0.354. The molecule has 122 valence electrons. The van der Waals surface area contributed by atoms with Crippen molar-refractivity contribution in [1.82, 2.24) is 0 Å². The number of esters is 2. The second-order valence-electron chi connectivity index (χ2n) is 5.05. The summed E-state index contributed by atoms with van der Waals surface area (Å²) in [6, 6.07) is 15.0. The first-order valence-corrected chi connectivity index (χ1v) is 7.20. The van der Waals surface area contributed by atoms with E-state index in [1.54, 1.807) is 36.4 Å². The highest BCUT2D eigenvalue weighted by atomic mass is 16.6. The van der Waals surface area contributed by atoms with E-state index in [2.05, 4.69) is 6.58 Å². The molecule has 0 atom stereocenters. The van der Waals surface area contributed by atoms with Crippen LogP contribution in [0.5, 0.6) is 5.75 Å². The fourth-order valence-electron chi connectivity index (χ4n) is 1.84. The van der Waals surface area contributed by atoms with Crippen molar-refractivity contribution in [1.29, 1.82) is 0 Å². The summed E-state index contributed by atoms with van der Waals surface area (Å²) in [5, 5.41) is 0. The molecule has 0 aromatic heterocycles. The molecule has 0 aliphatic heterocycles. The minimum atomic E-state index is -0.716. The fraction of sp³-hybridized carbons (Fsp3) is 0.105. The van der Waals surface area contributed by atoms with E-state index in [1.807, 2.05) is 6.07 Å². The van der Waals surface area contributed by atoms with Crippen LogP contribution in [0.25, 0.3) is 0 Å². The molecule has 0 amide bonds. The Morgan fingerprint density at radius 3 is 2.08 bits per heavy atom. The molecule has 5 nitrogen and oxygen atoms in total. The van der Waals surface area contributed by atoms with Gasteiger partial charge in [-0.05, 0) is 31.2 Å². The van der Waals surface area contributed by atoms with E-state index < -0.39 is 18.5 Å². The first-order chi connectivity index (χ1) is 11.5. The number of ether oxygens (including phenoxy) is 2. The highest BCUT2D eigenvalue weighted by Crippen LogP contribution is 2.15. The Bertz CT molecular complexity index is 760. The van der Waals surface area contributed by atoms with Gasteiger partial charge in [0.1, 0.15) is 5.75 Å². The molecule has 2 aromatic carbocycles. The minimum Gasteiger partial charge on any atom is -0.450 e. The summed E-state index contributed by atoms with van der Waals surface area (Å²) in [5.74, 6) is -1.23. The van der Waals surface area contributed by atoms with E-state index in [1.165, 1.54) is 19.1 Å². The monoisotopic (exact) mass is 324 g/mol. The molecule has 0 spiro atoms. The molecular formula is C19H16O5. The van der Waals surface area contributed by atoms with Crippen molar-refractivity contribution >= 4 is 17.7 Å². The second-order valence-corrected chi connectivity index (χ2v) is 5.05. The Labute approximate surface area is 139 Å². The van der Waals surface area contributed by atoms with Gasteiger partial charge in [-0.2, -0.15) is 0 Å². The lowest BCUT2D eigenvalue weighted by atomic mass is 10.0. The van der Waals surface area contributed by atoms with Gasteiger partial charge >= 0.3 is 11.9 Å². The topological polar surface area (TPSA) is 69.7 Å². The third kappa shape index (κ3) is 4.64. The van der Waals surface area contributed by atoms with Crippen LogP contribution in [0, 0.1) is 0 Å². The summed E-state index contributed by atoms with van der Waals surface area (Å²) in [6.07, 6.45) is 0. The average molecular weight is 324 g/mol. The molecule has 0 unspecified atom stereocenters. The molecule has 0 radical (unpaired) electrons. The lowest BCUT2D eigenvalue weighted by Gasteiger charge is -2.06. The maximum absolute atomic E-state index is 12.2. The van der Waals surface area contributed by atoms with Crippen molar-refractivity contribution in [2.45, 2.75) is 6.92 Å². The van der Waals surface area contributed by atoms with Gasteiger partial charge in [0, 0.05) is 16.7 Å². The van der Waals surface area contributed by atoms with E-state index in [0.29, 0.717) is 11.1 Å². The van der Waals surface area contributed by atoms with Gasteiger partial charge in [-0.1, -0.05) is 36.9 Å². The number of benzene rings is 2. The van der Waals surface area contributed by atoms with Gasteiger partial charge in [-0.15, -0.1) is 0 Å². The van der Waals surface area contributed by atoms with Crippen molar-refractivity contribution < 1.29 is 23.9 Å². The molecular weight excluding hydrogens is 308 g/mol. The average Bonchev–Trinajstić information content (AvgIpc) is 2.60. The van der Waals surface area contributed by atoms with Crippen LogP contribution in [-0.2, 0) is 14.3 Å². The summed E-state index contributed by atoms with van der Waals surface area (Å²) < 4.78 is 9.72. The zero-order chi connectivity index (χ0) is 17.5. The molecule has 0 fully saturated rings. The predicted molar refractivity (Wildman–Crippen MR) is 87.7 cm³/mol. The van der Waals surface area contributed by atoms with Gasteiger partial charge in [-0.25, -0.2) is 9.59 Å². The SMILES string of the molecule is C=C(C)C(=O)OCC(=O)Oc1ccc(C(=O)c2ccccc2)cc1. The Morgan fingerprint density at radius 1 is 0.917 bits per heavy atom. The summed E-state index contributed by atoms with van der Waals surface area (Å²) in [5.41, 5.74) is 1.26. The third-order valence-electron chi connectivity index (χ3n) is 3.05.